The minimum atomic E-state index is -0.0471. The number of nitrogens with zero attached hydrogens (tertiary/aromatic N) is 4. The van der Waals surface area contributed by atoms with Crippen LogP contribution in [0.25, 0.3) is 45.3 Å². The van der Waals surface area contributed by atoms with Crippen LogP contribution in [0.4, 0.5) is 0 Å². The monoisotopic (exact) mass is 556 g/mol. The topological polar surface area (TPSA) is 54.0 Å². The molecule has 2 aliphatic heterocycles. The molecule has 0 saturated heterocycles. The SMILES string of the molecule is CC1(C)Cc2cc3ccc([n-]3)c(-c3ccc(Br)cc3)c3nc(cc4ccc(cc1n2)[n-]4)C=C3.[Zn+2]. The normalized spacial score (nSPS) is 14.1. The van der Waals surface area contributed by atoms with Crippen LogP contribution in [-0.4, -0.2) is 9.97 Å². The van der Waals surface area contributed by atoms with Crippen molar-refractivity contribution in [3.05, 3.63) is 94.0 Å². The Labute approximate surface area is 219 Å². The second-order valence-electron chi connectivity index (χ2n) is 9.17. The average molecular weight is 559 g/mol. The van der Waals surface area contributed by atoms with Gasteiger partial charge in [0, 0.05) is 27.7 Å². The molecule has 6 heteroatoms. The first kappa shape index (κ1) is 23.0. The van der Waals surface area contributed by atoms with Crippen molar-refractivity contribution >= 4 is 50.1 Å². The van der Waals surface area contributed by atoms with E-state index >= 15 is 0 Å². The van der Waals surface area contributed by atoms with Gasteiger partial charge in [-0.25, -0.2) is 4.98 Å². The van der Waals surface area contributed by atoms with Crippen molar-refractivity contribution in [2.24, 2.45) is 0 Å². The Morgan fingerprint density at radius 2 is 1.50 bits per heavy atom. The van der Waals surface area contributed by atoms with E-state index in [0.29, 0.717) is 0 Å². The van der Waals surface area contributed by atoms with E-state index in [1.165, 1.54) is 0 Å². The summed E-state index contributed by atoms with van der Waals surface area (Å²) in [5, 5.41) is 0. The van der Waals surface area contributed by atoms with E-state index in [4.69, 9.17) is 19.9 Å². The Hall–Kier alpha value is -2.82. The zero-order valence-electron chi connectivity index (χ0n) is 19.1. The van der Waals surface area contributed by atoms with Gasteiger partial charge in [-0.3, -0.25) is 4.98 Å². The molecule has 162 valence electrons. The van der Waals surface area contributed by atoms with Gasteiger partial charge < -0.3 is 9.97 Å². The minimum Gasteiger partial charge on any atom is -0.658 e. The van der Waals surface area contributed by atoms with Crippen molar-refractivity contribution in [3.63, 3.8) is 0 Å². The van der Waals surface area contributed by atoms with E-state index in [-0.39, 0.29) is 24.9 Å². The molecule has 6 rings (SSSR count). The number of benzene rings is 1. The largest absolute Gasteiger partial charge is 2.00 e. The Kier molecular flexibility index (Phi) is 5.91. The summed E-state index contributed by atoms with van der Waals surface area (Å²) >= 11 is 3.54. The molecule has 0 aliphatic carbocycles. The summed E-state index contributed by atoms with van der Waals surface area (Å²) in [5.41, 5.74) is 9.54. The minimum absolute atomic E-state index is 0. The van der Waals surface area contributed by atoms with Crippen LogP contribution < -0.4 is 9.97 Å². The van der Waals surface area contributed by atoms with Gasteiger partial charge in [0.15, 0.2) is 0 Å². The summed E-state index contributed by atoms with van der Waals surface area (Å²) in [7, 11) is 0. The average Bonchev–Trinajstić information content (AvgIpc) is 3.55. The third-order valence-corrected chi connectivity index (χ3v) is 6.66. The summed E-state index contributed by atoms with van der Waals surface area (Å²) in [6.07, 6.45) is 4.96. The van der Waals surface area contributed by atoms with Gasteiger partial charge in [0.1, 0.15) is 0 Å². The molecule has 4 nitrogen and oxygen atoms in total. The maximum atomic E-state index is 4.96. The predicted octanol–water partition coefficient (Wildman–Crippen LogP) is 6.69. The van der Waals surface area contributed by atoms with Gasteiger partial charge in [-0.05, 0) is 35.4 Å². The van der Waals surface area contributed by atoms with E-state index in [9.17, 15) is 0 Å². The Morgan fingerprint density at radius 1 is 0.794 bits per heavy atom. The third-order valence-electron chi connectivity index (χ3n) is 6.13. The van der Waals surface area contributed by atoms with Gasteiger partial charge in [0.05, 0.1) is 11.4 Å². The molecule has 2 aliphatic rings. The van der Waals surface area contributed by atoms with Crippen LogP contribution in [0.1, 0.15) is 36.6 Å². The molecule has 5 heterocycles. The van der Waals surface area contributed by atoms with Crippen LogP contribution in [0.3, 0.4) is 0 Å². The predicted molar refractivity (Wildman–Crippen MR) is 138 cm³/mol. The Morgan fingerprint density at radius 3 is 2.29 bits per heavy atom. The first-order valence-corrected chi connectivity index (χ1v) is 11.8. The maximum Gasteiger partial charge on any atom is 2.00 e. The molecule has 1 aromatic carbocycles. The van der Waals surface area contributed by atoms with Crippen LogP contribution in [0, 0.1) is 0 Å². The number of hydrogen-bond acceptors (Lipinski definition) is 2. The molecule has 0 unspecified atom stereocenters. The van der Waals surface area contributed by atoms with E-state index in [1.807, 2.05) is 36.4 Å². The first-order chi connectivity index (χ1) is 15.9. The van der Waals surface area contributed by atoms with Crippen LogP contribution in [0.15, 0.2) is 71.2 Å². The molecule has 0 fully saturated rings. The number of hydrogen-bond donors (Lipinski definition) is 0. The molecule has 3 aromatic heterocycles. The Balaban J connectivity index is 0.00000241. The van der Waals surface area contributed by atoms with E-state index < -0.39 is 0 Å². The second kappa shape index (κ2) is 8.76. The third kappa shape index (κ3) is 4.33. The van der Waals surface area contributed by atoms with Gasteiger partial charge in [-0.2, -0.15) is 0 Å². The fourth-order valence-electron chi connectivity index (χ4n) is 4.46. The molecule has 0 saturated carbocycles. The summed E-state index contributed by atoms with van der Waals surface area (Å²) in [4.78, 5) is 19.6. The van der Waals surface area contributed by atoms with Gasteiger partial charge in [-0.15, -0.1) is 22.1 Å². The van der Waals surface area contributed by atoms with Gasteiger partial charge in [-0.1, -0.05) is 84.4 Å². The van der Waals surface area contributed by atoms with Crippen molar-refractivity contribution in [2.45, 2.75) is 25.7 Å². The number of rotatable bonds is 1. The molecular formula is C28H21BrN4Zn. The van der Waals surface area contributed by atoms with E-state index in [1.54, 1.807) is 0 Å². The molecule has 0 N–H and O–H groups in total. The second-order valence-corrected chi connectivity index (χ2v) is 10.1. The maximum absolute atomic E-state index is 4.96. The molecule has 0 spiro atoms. The fraction of sp³-hybridized carbons (Fsp3) is 0.143. The van der Waals surface area contributed by atoms with Crippen molar-refractivity contribution in [3.8, 4) is 11.1 Å². The van der Waals surface area contributed by atoms with E-state index in [2.05, 4.69) is 72.3 Å². The summed E-state index contributed by atoms with van der Waals surface area (Å²) < 4.78 is 1.04. The van der Waals surface area contributed by atoms with Crippen LogP contribution >= 0.6 is 15.9 Å². The quantitative estimate of drug-likeness (QED) is 0.215. The van der Waals surface area contributed by atoms with Gasteiger partial charge >= 0.3 is 19.5 Å². The Bertz CT molecular complexity index is 1580. The van der Waals surface area contributed by atoms with Crippen molar-refractivity contribution in [1.29, 1.82) is 0 Å². The smallest absolute Gasteiger partial charge is 0.658 e. The van der Waals surface area contributed by atoms with Gasteiger partial charge in [0.2, 0.25) is 0 Å². The summed E-state index contributed by atoms with van der Waals surface area (Å²) in [6.45, 7) is 4.46. The number of aromatic nitrogens is 4. The number of halogens is 1. The standard InChI is InChI=1S/C28H21BrN4.Zn/c1-28(2)16-23-14-21-10-12-25(32-21)27(17-3-5-18(29)6-4-17)24-11-9-20(31-24)13-19-7-8-22(30-19)15-26(28)33-23;/h3-15H,16H2,1-2H3;/q-2;+2. The summed E-state index contributed by atoms with van der Waals surface area (Å²) in [5.74, 6) is 0. The number of fused-ring (bicyclic) bond motifs is 8. The molecule has 34 heavy (non-hydrogen) atoms. The molecule has 8 bridgehead atoms. The molecule has 0 atom stereocenters. The van der Waals surface area contributed by atoms with Crippen molar-refractivity contribution in [2.75, 3.05) is 0 Å². The van der Waals surface area contributed by atoms with E-state index in [0.717, 1.165) is 66.9 Å². The van der Waals surface area contributed by atoms with Crippen molar-refractivity contribution in [1.82, 2.24) is 19.9 Å². The molecular weight excluding hydrogens is 538 g/mol. The zero-order valence-corrected chi connectivity index (χ0v) is 23.6. The molecule has 4 aromatic rings. The fourth-order valence-corrected chi connectivity index (χ4v) is 4.72. The van der Waals surface area contributed by atoms with Crippen molar-refractivity contribution < 1.29 is 19.5 Å². The van der Waals surface area contributed by atoms with Crippen LogP contribution in [0.5, 0.6) is 0 Å². The summed E-state index contributed by atoms with van der Waals surface area (Å²) in [6, 6.07) is 22.7. The first-order valence-electron chi connectivity index (χ1n) is 11.0. The zero-order chi connectivity index (χ0) is 22.6. The van der Waals surface area contributed by atoms with Crippen LogP contribution in [0.2, 0.25) is 0 Å². The molecule has 0 radical (unpaired) electrons. The molecule has 0 amide bonds. The van der Waals surface area contributed by atoms with Gasteiger partial charge in [0.25, 0.3) is 0 Å². The van der Waals surface area contributed by atoms with Crippen LogP contribution in [-0.2, 0) is 31.3 Å².